The van der Waals surface area contributed by atoms with Crippen molar-refractivity contribution in [1.82, 2.24) is 19.9 Å². The zero-order valence-electron chi connectivity index (χ0n) is 20.7. The lowest BCUT2D eigenvalue weighted by molar-refractivity contribution is -0.125. The van der Waals surface area contributed by atoms with Crippen LogP contribution in [-0.2, 0) is 16.8 Å². The highest BCUT2D eigenvalue weighted by Gasteiger charge is 2.37. The number of imidazole rings is 1. The Morgan fingerprint density at radius 3 is 2.64 bits per heavy atom. The molecule has 9 heteroatoms. The molecule has 1 aliphatic heterocycles. The van der Waals surface area contributed by atoms with E-state index in [1.165, 1.54) is 12.3 Å². The smallest absolute Gasteiger partial charge is 0.237 e. The number of aryl methyl sites for hydroxylation is 1. The number of carbonyl (C=O) groups excluding carboxylic acids is 2. The maximum atomic E-state index is 15.1. The lowest BCUT2D eigenvalue weighted by atomic mass is 9.81. The van der Waals surface area contributed by atoms with Crippen LogP contribution in [-0.4, -0.2) is 38.3 Å². The molecular weight excluding hydrogens is 481 g/mol. The van der Waals surface area contributed by atoms with E-state index in [2.05, 4.69) is 33.7 Å². The lowest BCUT2D eigenvalue weighted by Gasteiger charge is -2.35. The van der Waals surface area contributed by atoms with Crippen LogP contribution in [0.25, 0.3) is 22.2 Å². The van der Waals surface area contributed by atoms with Gasteiger partial charge >= 0.3 is 0 Å². The zero-order valence-corrected chi connectivity index (χ0v) is 21.4. The minimum absolute atomic E-state index is 0.154. The molecule has 0 atom stereocenters. The zero-order chi connectivity index (χ0) is 25.7. The van der Waals surface area contributed by atoms with Gasteiger partial charge in [0.05, 0.1) is 16.1 Å². The van der Waals surface area contributed by atoms with Crippen molar-refractivity contribution in [2.24, 2.45) is 5.73 Å². The van der Waals surface area contributed by atoms with Gasteiger partial charge in [0.1, 0.15) is 17.0 Å². The molecule has 3 aromatic rings. The predicted octanol–water partition coefficient (Wildman–Crippen LogP) is 4.92. The summed E-state index contributed by atoms with van der Waals surface area (Å²) in [6, 6.07) is 4.91. The molecule has 190 valence electrons. The number of halogens is 2. The van der Waals surface area contributed by atoms with Gasteiger partial charge in [0.2, 0.25) is 5.91 Å². The number of carbonyl (C=O) groups is 2. The van der Waals surface area contributed by atoms with Crippen molar-refractivity contribution in [2.75, 3.05) is 6.54 Å². The number of rotatable bonds is 7. The number of nitrogens with one attached hydrogen (secondary N) is 1. The van der Waals surface area contributed by atoms with Crippen molar-refractivity contribution in [3.63, 3.8) is 0 Å². The van der Waals surface area contributed by atoms with Crippen LogP contribution in [0.5, 0.6) is 0 Å². The molecule has 0 unspecified atom stereocenters. The Kier molecular flexibility index (Phi) is 6.37. The van der Waals surface area contributed by atoms with Crippen molar-refractivity contribution in [2.45, 2.75) is 76.3 Å². The van der Waals surface area contributed by atoms with Gasteiger partial charge in [-0.1, -0.05) is 30.9 Å². The van der Waals surface area contributed by atoms with E-state index in [-0.39, 0.29) is 29.3 Å². The molecule has 2 aliphatic rings. The van der Waals surface area contributed by atoms with Gasteiger partial charge in [-0.25, -0.2) is 9.37 Å². The molecule has 1 amide bonds. The second-order valence-corrected chi connectivity index (χ2v) is 11.1. The fourth-order valence-electron chi connectivity index (χ4n) is 5.73. The summed E-state index contributed by atoms with van der Waals surface area (Å²) in [7, 11) is 0. The monoisotopic (exact) mass is 511 g/mol. The number of benzene rings is 1. The second-order valence-electron chi connectivity index (χ2n) is 10.7. The van der Waals surface area contributed by atoms with Gasteiger partial charge in [-0.3, -0.25) is 14.6 Å². The molecule has 0 bridgehead atoms. The lowest BCUT2D eigenvalue weighted by Crippen LogP contribution is -2.56. The molecule has 1 saturated carbocycles. The quantitative estimate of drug-likeness (QED) is 0.438. The van der Waals surface area contributed by atoms with Crippen LogP contribution in [0.2, 0.25) is 5.02 Å². The summed E-state index contributed by atoms with van der Waals surface area (Å²) in [5.74, 6) is -0.103. The standard InChI is InChI=1S/C27H31ClFN5O2/c1-26(2)10-6-23-33-24-19(29)12-16(13-21(24)34(23)26)17-14-20(31-15-18(17)28)22(35)7-11-32-27(25(30)36)8-4-3-5-9-27/h12-15,32H,3-11H2,1-2H3,(H2,30,36). The van der Waals surface area contributed by atoms with Crippen molar-refractivity contribution in [3.05, 3.63) is 46.8 Å². The fourth-order valence-corrected chi connectivity index (χ4v) is 5.95. The molecule has 1 aromatic carbocycles. The minimum Gasteiger partial charge on any atom is -0.368 e. The van der Waals surface area contributed by atoms with E-state index in [4.69, 9.17) is 17.3 Å². The molecule has 7 nitrogen and oxygen atoms in total. The fraction of sp³-hybridized carbons (Fsp3) is 0.481. The Hall–Kier alpha value is -2.84. The summed E-state index contributed by atoms with van der Waals surface area (Å²) in [4.78, 5) is 33.8. The van der Waals surface area contributed by atoms with Crippen molar-refractivity contribution < 1.29 is 14.0 Å². The van der Waals surface area contributed by atoms with Gasteiger partial charge in [-0.2, -0.15) is 0 Å². The largest absolute Gasteiger partial charge is 0.368 e. The van der Waals surface area contributed by atoms with Gasteiger partial charge in [0, 0.05) is 36.7 Å². The normalized spacial score (nSPS) is 18.3. The van der Waals surface area contributed by atoms with E-state index in [9.17, 15) is 9.59 Å². The minimum atomic E-state index is -0.747. The SMILES string of the molecule is CC1(C)CCc2nc3c(F)cc(-c4cc(C(=O)CCNC5(C(N)=O)CCCCC5)ncc4Cl)cc3n21. The van der Waals surface area contributed by atoms with E-state index in [0.717, 1.165) is 43.4 Å². The van der Waals surface area contributed by atoms with Crippen LogP contribution in [0.1, 0.15) is 75.1 Å². The van der Waals surface area contributed by atoms with Gasteiger partial charge in [-0.15, -0.1) is 0 Å². The first-order valence-electron chi connectivity index (χ1n) is 12.6. The average Bonchev–Trinajstić information content (AvgIpc) is 3.37. The predicted molar refractivity (Wildman–Crippen MR) is 138 cm³/mol. The van der Waals surface area contributed by atoms with Crippen LogP contribution < -0.4 is 11.1 Å². The molecule has 0 saturated heterocycles. The number of amides is 1. The van der Waals surface area contributed by atoms with Crippen LogP contribution in [0.15, 0.2) is 24.4 Å². The van der Waals surface area contributed by atoms with E-state index in [1.54, 1.807) is 6.07 Å². The third-order valence-corrected chi connectivity index (χ3v) is 8.10. The van der Waals surface area contributed by atoms with Gasteiger partial charge < -0.3 is 15.6 Å². The average molecular weight is 512 g/mol. The number of fused-ring (bicyclic) bond motifs is 3. The first-order valence-corrected chi connectivity index (χ1v) is 12.9. The summed E-state index contributed by atoms with van der Waals surface area (Å²) in [5, 5.41) is 3.57. The van der Waals surface area contributed by atoms with Gasteiger partial charge in [-0.05, 0) is 56.9 Å². The highest BCUT2D eigenvalue weighted by Crippen LogP contribution is 2.39. The number of hydrogen-bond acceptors (Lipinski definition) is 5. The number of nitrogens with two attached hydrogens (primary N) is 1. The molecule has 0 spiro atoms. The molecule has 3 N–H and O–H groups in total. The molecule has 2 aromatic heterocycles. The van der Waals surface area contributed by atoms with Gasteiger partial charge in [0.15, 0.2) is 11.6 Å². The number of pyridine rings is 1. The highest BCUT2D eigenvalue weighted by molar-refractivity contribution is 6.33. The summed E-state index contributed by atoms with van der Waals surface area (Å²) >= 11 is 6.46. The Morgan fingerprint density at radius 2 is 1.92 bits per heavy atom. The molecular formula is C27H31ClFN5O2. The summed E-state index contributed by atoms with van der Waals surface area (Å²) in [5.41, 5.74) is 7.18. The van der Waals surface area contributed by atoms with E-state index in [1.807, 2.05) is 6.07 Å². The maximum Gasteiger partial charge on any atom is 0.237 e. The Bertz CT molecular complexity index is 1360. The van der Waals surface area contributed by atoms with Crippen LogP contribution in [0, 0.1) is 5.82 Å². The number of nitrogens with zero attached hydrogens (tertiary/aromatic N) is 3. The van der Waals surface area contributed by atoms with E-state index >= 15 is 4.39 Å². The second kappa shape index (κ2) is 9.23. The molecule has 36 heavy (non-hydrogen) atoms. The van der Waals surface area contributed by atoms with Crippen LogP contribution in [0.3, 0.4) is 0 Å². The van der Waals surface area contributed by atoms with Crippen LogP contribution >= 0.6 is 11.6 Å². The highest BCUT2D eigenvalue weighted by atomic mass is 35.5. The van der Waals surface area contributed by atoms with Crippen molar-refractivity contribution in [1.29, 1.82) is 0 Å². The molecule has 0 radical (unpaired) electrons. The maximum absolute atomic E-state index is 15.1. The molecule has 5 rings (SSSR count). The Labute approximate surface area is 214 Å². The Morgan fingerprint density at radius 1 is 1.17 bits per heavy atom. The number of ketones is 1. The van der Waals surface area contributed by atoms with Crippen LogP contribution in [0.4, 0.5) is 4.39 Å². The van der Waals surface area contributed by atoms with E-state index in [0.29, 0.717) is 41.1 Å². The number of Topliss-reactive ketones (excluding diaryl/α,β-unsaturated/α-hetero) is 1. The van der Waals surface area contributed by atoms with E-state index < -0.39 is 11.4 Å². The first kappa shape index (κ1) is 24.8. The number of hydrogen-bond donors (Lipinski definition) is 2. The number of aromatic nitrogens is 3. The summed E-state index contributed by atoms with van der Waals surface area (Å²) < 4.78 is 17.2. The van der Waals surface area contributed by atoms with Gasteiger partial charge in [0.25, 0.3) is 0 Å². The van der Waals surface area contributed by atoms with Crippen molar-refractivity contribution in [3.8, 4) is 11.1 Å². The Balaban J connectivity index is 1.40. The number of primary amides is 1. The third kappa shape index (κ3) is 4.30. The van der Waals surface area contributed by atoms with Crippen molar-refractivity contribution >= 4 is 34.3 Å². The molecule has 1 fully saturated rings. The topological polar surface area (TPSA) is 103 Å². The first-order chi connectivity index (χ1) is 17.1. The third-order valence-electron chi connectivity index (χ3n) is 7.80. The molecule has 3 heterocycles. The summed E-state index contributed by atoms with van der Waals surface area (Å²) in [6.45, 7) is 4.56. The molecule has 1 aliphatic carbocycles. The summed E-state index contributed by atoms with van der Waals surface area (Å²) in [6.07, 6.45) is 7.64.